The maximum Gasteiger partial charge on any atom is 0.313 e. The summed E-state index contributed by atoms with van der Waals surface area (Å²) < 4.78 is 10.7. The van der Waals surface area contributed by atoms with Gasteiger partial charge < -0.3 is 25.0 Å². The molecule has 2 aromatic carbocycles. The first kappa shape index (κ1) is 23.4. The van der Waals surface area contributed by atoms with E-state index in [1.165, 1.54) is 7.11 Å². The van der Waals surface area contributed by atoms with E-state index in [2.05, 4.69) is 26.5 Å². The van der Waals surface area contributed by atoms with E-state index in [-0.39, 0.29) is 0 Å². The maximum absolute atomic E-state index is 12.2. The number of piperazine rings is 1. The number of amides is 2. The lowest BCUT2D eigenvalue weighted by Crippen LogP contribution is -2.47. The second kappa shape index (κ2) is 11.4. The SMILES string of the molecule is COc1ccc(C)cc1NC(=O)C(=O)NCCCN1CCN(c2ccccc2OC)CC1. The average molecular weight is 441 g/mol. The molecule has 1 aliphatic rings. The smallest absolute Gasteiger partial charge is 0.313 e. The van der Waals surface area contributed by atoms with E-state index in [0.29, 0.717) is 18.0 Å². The summed E-state index contributed by atoms with van der Waals surface area (Å²) in [5.74, 6) is 0.0723. The third-order valence-electron chi connectivity index (χ3n) is 5.54. The summed E-state index contributed by atoms with van der Waals surface area (Å²) in [7, 11) is 3.22. The zero-order valence-corrected chi connectivity index (χ0v) is 19.0. The van der Waals surface area contributed by atoms with Crippen LogP contribution in [0.1, 0.15) is 12.0 Å². The van der Waals surface area contributed by atoms with Gasteiger partial charge in [0.25, 0.3) is 0 Å². The highest BCUT2D eigenvalue weighted by Gasteiger charge is 2.20. The van der Waals surface area contributed by atoms with Crippen LogP contribution >= 0.6 is 0 Å². The average Bonchev–Trinajstić information content (AvgIpc) is 2.82. The zero-order valence-electron chi connectivity index (χ0n) is 19.0. The molecule has 0 aromatic heterocycles. The summed E-state index contributed by atoms with van der Waals surface area (Å²) in [6.45, 7) is 6.96. The van der Waals surface area contributed by atoms with Crippen molar-refractivity contribution in [1.29, 1.82) is 0 Å². The van der Waals surface area contributed by atoms with Gasteiger partial charge in [-0.1, -0.05) is 18.2 Å². The number of rotatable bonds is 8. The van der Waals surface area contributed by atoms with Crippen molar-refractivity contribution >= 4 is 23.2 Å². The molecule has 3 rings (SSSR count). The summed E-state index contributed by atoms with van der Waals surface area (Å²) in [6.07, 6.45) is 0.779. The standard InChI is InChI=1S/C24H32N4O4/c1-18-9-10-21(31-2)19(17-18)26-24(30)23(29)25-11-6-12-27-13-15-28(16-14-27)20-7-4-5-8-22(20)32-3/h4-5,7-10,17H,6,11-16H2,1-3H3,(H,25,29)(H,26,30). The molecule has 1 heterocycles. The Morgan fingerprint density at radius 1 is 0.938 bits per heavy atom. The van der Waals surface area contributed by atoms with Gasteiger partial charge in [0, 0.05) is 32.7 Å². The first-order valence-electron chi connectivity index (χ1n) is 10.9. The van der Waals surface area contributed by atoms with Crippen LogP contribution in [0.2, 0.25) is 0 Å². The predicted octanol–water partition coefficient (Wildman–Crippen LogP) is 2.28. The van der Waals surface area contributed by atoms with Crippen molar-refractivity contribution in [2.75, 3.05) is 63.7 Å². The van der Waals surface area contributed by atoms with Crippen LogP contribution in [0.3, 0.4) is 0 Å². The lowest BCUT2D eigenvalue weighted by Gasteiger charge is -2.36. The van der Waals surface area contributed by atoms with E-state index in [1.54, 1.807) is 19.2 Å². The van der Waals surface area contributed by atoms with Gasteiger partial charge >= 0.3 is 11.8 Å². The summed E-state index contributed by atoms with van der Waals surface area (Å²) in [5, 5.41) is 5.32. The van der Waals surface area contributed by atoms with Crippen LogP contribution in [0, 0.1) is 6.92 Å². The molecule has 2 aromatic rings. The molecule has 32 heavy (non-hydrogen) atoms. The molecule has 8 heteroatoms. The third-order valence-corrected chi connectivity index (χ3v) is 5.54. The number of carbonyl (C=O) groups excluding carboxylic acids is 2. The van der Waals surface area contributed by atoms with Crippen LogP contribution in [0.15, 0.2) is 42.5 Å². The molecular formula is C24H32N4O4. The molecule has 2 N–H and O–H groups in total. The van der Waals surface area contributed by atoms with Crippen LogP contribution in [-0.4, -0.2) is 70.2 Å². The number of anilines is 2. The summed E-state index contributed by atoms with van der Waals surface area (Å²) in [5.41, 5.74) is 2.58. The molecule has 0 bridgehead atoms. The van der Waals surface area contributed by atoms with Gasteiger partial charge in [0.05, 0.1) is 25.6 Å². The molecular weight excluding hydrogens is 408 g/mol. The molecule has 0 atom stereocenters. The van der Waals surface area contributed by atoms with Gasteiger partial charge in [-0.2, -0.15) is 0 Å². The molecule has 1 fully saturated rings. The largest absolute Gasteiger partial charge is 0.495 e. The highest BCUT2D eigenvalue weighted by molar-refractivity contribution is 6.39. The zero-order chi connectivity index (χ0) is 22.9. The Balaban J connectivity index is 1.37. The number of para-hydroxylation sites is 2. The van der Waals surface area contributed by atoms with Crippen LogP contribution in [-0.2, 0) is 9.59 Å². The Kier molecular flexibility index (Phi) is 8.33. The third kappa shape index (κ3) is 6.13. The highest BCUT2D eigenvalue weighted by Crippen LogP contribution is 2.28. The minimum Gasteiger partial charge on any atom is -0.495 e. The fourth-order valence-corrected chi connectivity index (χ4v) is 3.79. The van der Waals surface area contributed by atoms with Gasteiger partial charge in [-0.15, -0.1) is 0 Å². The van der Waals surface area contributed by atoms with Crippen LogP contribution < -0.4 is 25.0 Å². The van der Waals surface area contributed by atoms with E-state index in [4.69, 9.17) is 9.47 Å². The number of benzene rings is 2. The molecule has 0 radical (unpaired) electrons. The Labute approximate surface area is 189 Å². The van der Waals surface area contributed by atoms with E-state index in [0.717, 1.165) is 56.1 Å². The fraction of sp³-hybridized carbons (Fsp3) is 0.417. The number of nitrogens with one attached hydrogen (secondary N) is 2. The molecule has 1 aliphatic heterocycles. The van der Waals surface area contributed by atoms with Gasteiger partial charge in [-0.05, 0) is 49.7 Å². The van der Waals surface area contributed by atoms with Crippen LogP contribution in [0.4, 0.5) is 11.4 Å². The second-order valence-corrected chi connectivity index (χ2v) is 7.77. The predicted molar refractivity (Wildman–Crippen MR) is 126 cm³/mol. The fourth-order valence-electron chi connectivity index (χ4n) is 3.79. The van der Waals surface area contributed by atoms with E-state index < -0.39 is 11.8 Å². The van der Waals surface area contributed by atoms with Crippen molar-refractivity contribution < 1.29 is 19.1 Å². The van der Waals surface area contributed by atoms with Crippen molar-refractivity contribution in [2.24, 2.45) is 0 Å². The summed E-state index contributed by atoms with van der Waals surface area (Å²) >= 11 is 0. The van der Waals surface area contributed by atoms with Gasteiger partial charge in [-0.25, -0.2) is 0 Å². The minimum absolute atomic E-state index is 0.448. The van der Waals surface area contributed by atoms with Crippen molar-refractivity contribution in [3.8, 4) is 11.5 Å². The Hall–Kier alpha value is -3.26. The quantitative estimate of drug-likeness (QED) is 0.484. The first-order chi connectivity index (χ1) is 15.5. The number of ether oxygens (including phenoxy) is 2. The van der Waals surface area contributed by atoms with Crippen LogP contribution in [0.25, 0.3) is 0 Å². The van der Waals surface area contributed by atoms with Crippen molar-refractivity contribution in [1.82, 2.24) is 10.2 Å². The lowest BCUT2D eigenvalue weighted by molar-refractivity contribution is -0.136. The van der Waals surface area contributed by atoms with Crippen molar-refractivity contribution in [3.05, 3.63) is 48.0 Å². The molecule has 8 nitrogen and oxygen atoms in total. The lowest BCUT2D eigenvalue weighted by atomic mass is 10.2. The monoisotopic (exact) mass is 440 g/mol. The molecule has 0 unspecified atom stereocenters. The number of carbonyl (C=O) groups is 2. The second-order valence-electron chi connectivity index (χ2n) is 7.77. The molecule has 1 saturated heterocycles. The minimum atomic E-state index is -0.695. The van der Waals surface area contributed by atoms with Gasteiger partial charge in [0.15, 0.2) is 0 Å². The summed E-state index contributed by atoms with van der Waals surface area (Å²) in [4.78, 5) is 29.1. The van der Waals surface area contributed by atoms with E-state index >= 15 is 0 Å². The van der Waals surface area contributed by atoms with E-state index in [1.807, 2.05) is 31.2 Å². The molecule has 172 valence electrons. The van der Waals surface area contributed by atoms with Gasteiger partial charge in [-0.3, -0.25) is 14.5 Å². The molecule has 0 saturated carbocycles. The topological polar surface area (TPSA) is 83.1 Å². The number of hydrogen-bond donors (Lipinski definition) is 2. The Bertz CT molecular complexity index is 926. The van der Waals surface area contributed by atoms with E-state index in [9.17, 15) is 9.59 Å². The van der Waals surface area contributed by atoms with Crippen LogP contribution in [0.5, 0.6) is 11.5 Å². The number of nitrogens with zero attached hydrogens (tertiary/aromatic N) is 2. The maximum atomic E-state index is 12.2. The van der Waals surface area contributed by atoms with Gasteiger partial charge in [0.2, 0.25) is 0 Å². The Morgan fingerprint density at radius 3 is 2.38 bits per heavy atom. The Morgan fingerprint density at radius 2 is 1.66 bits per heavy atom. The van der Waals surface area contributed by atoms with Crippen molar-refractivity contribution in [3.63, 3.8) is 0 Å². The summed E-state index contributed by atoms with van der Waals surface area (Å²) in [6, 6.07) is 13.5. The number of hydrogen-bond acceptors (Lipinski definition) is 6. The van der Waals surface area contributed by atoms with Crippen molar-refractivity contribution in [2.45, 2.75) is 13.3 Å². The first-order valence-corrected chi connectivity index (χ1v) is 10.9. The normalized spacial score (nSPS) is 14.0. The molecule has 0 spiro atoms. The molecule has 0 aliphatic carbocycles. The van der Waals surface area contributed by atoms with Gasteiger partial charge in [0.1, 0.15) is 11.5 Å². The number of methoxy groups -OCH3 is 2. The number of aryl methyl sites for hydroxylation is 1. The molecule has 2 amide bonds. The highest BCUT2D eigenvalue weighted by atomic mass is 16.5.